The Kier molecular flexibility index (Phi) is 5.19. The number of nitrogens with two attached hydrogens (primary N) is 2. The number of benzene rings is 1. The summed E-state index contributed by atoms with van der Waals surface area (Å²) in [5, 5.41) is 13.1. The molecule has 0 saturated heterocycles. The van der Waals surface area contributed by atoms with E-state index >= 15 is 0 Å². The molecule has 1 aliphatic carbocycles. The molecular weight excluding hydrogens is 384 g/mol. The van der Waals surface area contributed by atoms with Crippen LogP contribution in [0.3, 0.4) is 0 Å². The Hall–Kier alpha value is -3.00. The Morgan fingerprint density at radius 1 is 1.38 bits per heavy atom. The Labute approximate surface area is 173 Å². The number of fused-ring (bicyclic) bond motifs is 3. The summed E-state index contributed by atoms with van der Waals surface area (Å²) in [6.45, 7) is 3.98. The van der Waals surface area contributed by atoms with Crippen molar-refractivity contribution in [3.05, 3.63) is 40.5 Å². The molecule has 7 nitrogen and oxygen atoms in total. The first-order valence-corrected chi connectivity index (χ1v) is 10.5. The molecular formula is C21H25N6OS+. The van der Waals surface area contributed by atoms with Crippen LogP contribution in [0.1, 0.15) is 36.3 Å². The van der Waals surface area contributed by atoms with Crippen molar-refractivity contribution >= 4 is 50.9 Å². The highest BCUT2D eigenvalue weighted by Crippen LogP contribution is 2.40. The van der Waals surface area contributed by atoms with Crippen molar-refractivity contribution < 1.29 is 10.2 Å². The average Bonchev–Trinajstić information content (AvgIpc) is 3.07. The smallest absolute Gasteiger partial charge is 0.223 e. The number of carbonyl (C=O) groups is 1. The molecule has 1 unspecified atom stereocenters. The van der Waals surface area contributed by atoms with Gasteiger partial charge in [-0.3, -0.25) is 10.2 Å². The molecule has 1 aromatic carbocycles. The number of thiophene rings is 1. The second-order valence-electron chi connectivity index (χ2n) is 7.64. The van der Waals surface area contributed by atoms with Crippen LogP contribution in [-0.2, 0) is 17.6 Å². The van der Waals surface area contributed by atoms with E-state index in [1.165, 1.54) is 16.7 Å². The highest BCUT2D eigenvalue weighted by atomic mass is 32.1. The van der Waals surface area contributed by atoms with Gasteiger partial charge in [0.2, 0.25) is 5.91 Å². The van der Waals surface area contributed by atoms with Crippen molar-refractivity contribution in [3.63, 3.8) is 0 Å². The molecule has 0 aliphatic heterocycles. The third-order valence-corrected chi connectivity index (χ3v) is 6.34. The second-order valence-corrected chi connectivity index (χ2v) is 8.73. The Balaban J connectivity index is 1.66. The van der Waals surface area contributed by atoms with Gasteiger partial charge in [0.25, 0.3) is 0 Å². The van der Waals surface area contributed by atoms with Crippen molar-refractivity contribution in [2.45, 2.75) is 39.2 Å². The lowest BCUT2D eigenvalue weighted by Crippen LogP contribution is -2.37. The fraction of sp³-hybridized carbons (Fsp3) is 0.333. The van der Waals surface area contributed by atoms with Crippen LogP contribution in [0.5, 0.6) is 0 Å². The third-order valence-electron chi connectivity index (χ3n) is 5.18. The van der Waals surface area contributed by atoms with Crippen LogP contribution >= 0.6 is 11.3 Å². The fourth-order valence-electron chi connectivity index (χ4n) is 3.76. The summed E-state index contributed by atoms with van der Waals surface area (Å²) in [6.07, 6.45) is 5.49. The number of aryl methyl sites for hydroxylation is 1. The minimum atomic E-state index is 0.0158. The number of amides is 1. The predicted octanol–water partition coefficient (Wildman–Crippen LogP) is 1.82. The van der Waals surface area contributed by atoms with Crippen LogP contribution < -0.4 is 21.8 Å². The Morgan fingerprint density at radius 3 is 2.97 bits per heavy atom. The average molecular weight is 410 g/mol. The summed E-state index contributed by atoms with van der Waals surface area (Å²) in [4.78, 5) is 23.6. The maximum atomic E-state index is 12.5. The van der Waals surface area contributed by atoms with Crippen LogP contribution in [0.4, 0.5) is 17.2 Å². The molecule has 0 radical (unpaired) electrons. The van der Waals surface area contributed by atoms with Crippen molar-refractivity contribution in [2.75, 3.05) is 11.1 Å². The quantitative estimate of drug-likeness (QED) is 0.379. The first-order chi connectivity index (χ1) is 14.0. The molecule has 6 N–H and O–H groups in total. The van der Waals surface area contributed by atoms with Gasteiger partial charge in [0.05, 0.1) is 10.9 Å². The van der Waals surface area contributed by atoms with E-state index in [0.717, 1.165) is 46.5 Å². The van der Waals surface area contributed by atoms with E-state index in [9.17, 15) is 4.79 Å². The summed E-state index contributed by atoms with van der Waals surface area (Å²) < 4.78 is 0. The highest BCUT2D eigenvalue weighted by molar-refractivity contribution is 7.19. The van der Waals surface area contributed by atoms with Crippen molar-refractivity contribution in [1.82, 2.24) is 15.3 Å². The number of anilines is 3. The number of rotatable bonds is 5. The number of hydrogen-bond acceptors (Lipinski definition) is 6. The van der Waals surface area contributed by atoms with Crippen LogP contribution in [0.15, 0.2) is 24.5 Å². The Morgan fingerprint density at radius 2 is 2.21 bits per heavy atom. The number of nitrogens with one attached hydrogen (secondary N) is 2. The van der Waals surface area contributed by atoms with Gasteiger partial charge in [0.1, 0.15) is 17.0 Å². The second kappa shape index (κ2) is 7.79. The summed E-state index contributed by atoms with van der Waals surface area (Å²) >= 11 is 1.66. The molecule has 1 aliphatic rings. The van der Waals surface area contributed by atoms with E-state index in [4.69, 9.17) is 11.1 Å². The molecule has 0 bridgehead atoms. The molecule has 1 atom stereocenters. The fourth-order valence-corrected chi connectivity index (χ4v) is 5.03. The molecule has 0 spiro atoms. The molecule has 3 aromatic rings. The molecule has 150 valence electrons. The molecule has 0 saturated carbocycles. The van der Waals surface area contributed by atoms with Crippen LogP contribution in [0, 0.1) is 5.92 Å². The number of carbonyl (C=O) groups excluding carboxylic acids is 1. The number of hydrogen-bond donors (Lipinski definition) is 4. The molecule has 8 heteroatoms. The zero-order valence-corrected chi connectivity index (χ0v) is 17.3. The van der Waals surface area contributed by atoms with E-state index in [1.807, 2.05) is 32.0 Å². The molecule has 4 rings (SSSR count). The first kappa shape index (κ1) is 19.3. The zero-order chi connectivity index (χ0) is 20.5. The maximum absolute atomic E-state index is 12.5. The van der Waals surface area contributed by atoms with Gasteiger partial charge in [-0.25, -0.2) is 9.97 Å². The highest BCUT2D eigenvalue weighted by Gasteiger charge is 2.29. The lowest BCUT2D eigenvalue weighted by atomic mass is 9.87. The largest absolute Gasteiger partial charge is 0.398 e. The Bertz CT molecular complexity index is 1090. The number of aromatic nitrogens is 2. The first-order valence-electron chi connectivity index (χ1n) is 9.73. The van der Waals surface area contributed by atoms with Gasteiger partial charge in [-0.1, -0.05) is 0 Å². The minimum absolute atomic E-state index is 0.0158. The number of nitrogens with zero attached hydrogens (tertiary/aromatic N) is 2. The van der Waals surface area contributed by atoms with Gasteiger partial charge in [-0.05, 0) is 56.9 Å². The van der Waals surface area contributed by atoms with E-state index in [-0.39, 0.29) is 17.9 Å². The van der Waals surface area contributed by atoms with Gasteiger partial charge in [0.15, 0.2) is 6.21 Å². The third kappa shape index (κ3) is 3.80. The lowest BCUT2D eigenvalue weighted by Gasteiger charge is -2.22. The topological polar surface area (TPSA) is 119 Å². The zero-order valence-electron chi connectivity index (χ0n) is 16.5. The summed E-state index contributed by atoms with van der Waals surface area (Å²) in [7, 11) is 0. The van der Waals surface area contributed by atoms with Gasteiger partial charge < -0.3 is 16.4 Å². The van der Waals surface area contributed by atoms with Crippen LogP contribution in [0.25, 0.3) is 10.2 Å². The van der Waals surface area contributed by atoms with Crippen molar-refractivity contribution in [2.24, 2.45) is 5.92 Å². The maximum Gasteiger partial charge on any atom is 0.223 e. The van der Waals surface area contributed by atoms with Gasteiger partial charge >= 0.3 is 0 Å². The van der Waals surface area contributed by atoms with E-state index in [2.05, 4.69) is 20.6 Å². The van der Waals surface area contributed by atoms with Gasteiger partial charge in [-0.2, -0.15) is 0 Å². The van der Waals surface area contributed by atoms with Gasteiger partial charge in [-0.15, -0.1) is 11.3 Å². The standard InChI is InChI=1S/C21H24N6OS/c1-11(2)26-20(28)12-3-5-15-17(8-12)29-21-18(15)19(24-10-25-21)27-14-4-6-16(23)13(7-14)9-22/h4,6-7,9-12,22H,3,5,8,23H2,1-2H3,(H,26,28)(H,24,25,27)/p+1. The van der Waals surface area contributed by atoms with E-state index < -0.39 is 0 Å². The van der Waals surface area contributed by atoms with Crippen LogP contribution in [0.2, 0.25) is 0 Å². The molecule has 0 fully saturated rings. The monoisotopic (exact) mass is 409 g/mol. The summed E-state index contributed by atoms with van der Waals surface area (Å²) in [5.41, 5.74) is 9.44. The van der Waals surface area contributed by atoms with Crippen molar-refractivity contribution in [3.8, 4) is 0 Å². The summed E-state index contributed by atoms with van der Waals surface area (Å²) in [5.74, 6) is 0.924. The minimum Gasteiger partial charge on any atom is -0.398 e. The molecule has 29 heavy (non-hydrogen) atoms. The normalized spacial score (nSPS) is 15.9. The van der Waals surface area contributed by atoms with Crippen LogP contribution in [-0.4, -0.2) is 28.1 Å². The SMILES string of the molecule is CC(C)NC(=O)C1CCc2c(sc3ncnc(Nc4ccc(N)c(C=[NH2+])c4)c23)C1. The van der Waals surface area contributed by atoms with E-state index in [1.54, 1.807) is 17.7 Å². The number of nitrogen functional groups attached to an aromatic ring is 1. The summed E-state index contributed by atoms with van der Waals surface area (Å²) in [6, 6.07) is 5.78. The lowest BCUT2D eigenvalue weighted by molar-refractivity contribution is -0.125. The van der Waals surface area contributed by atoms with E-state index in [0.29, 0.717) is 5.69 Å². The van der Waals surface area contributed by atoms with Crippen molar-refractivity contribution in [1.29, 1.82) is 0 Å². The molecule has 2 aromatic heterocycles. The van der Waals surface area contributed by atoms with Gasteiger partial charge in [0, 0.05) is 28.2 Å². The molecule has 1 amide bonds. The predicted molar refractivity (Wildman–Crippen MR) is 117 cm³/mol. The molecule has 2 heterocycles.